The monoisotopic (exact) mass is 364 g/mol. The Labute approximate surface area is 146 Å². The molecule has 8 heteroatoms. The minimum absolute atomic E-state index is 0.143. The summed E-state index contributed by atoms with van der Waals surface area (Å²) in [5.41, 5.74) is 1.15. The Morgan fingerprint density at radius 1 is 1.16 bits per heavy atom. The van der Waals surface area contributed by atoms with Crippen molar-refractivity contribution >= 4 is 21.7 Å². The summed E-state index contributed by atoms with van der Waals surface area (Å²) in [6.07, 6.45) is 0. The third kappa shape index (κ3) is 4.79. The summed E-state index contributed by atoms with van der Waals surface area (Å²) < 4.78 is 26.4. The summed E-state index contributed by atoms with van der Waals surface area (Å²) in [4.78, 5) is 11.4. The number of carboxylic acids is 1. The number of benzene rings is 2. The molecule has 0 aromatic heterocycles. The second-order valence-electron chi connectivity index (χ2n) is 5.41. The largest absolute Gasteiger partial charge is 0.478 e. The van der Waals surface area contributed by atoms with Gasteiger partial charge < -0.3 is 15.5 Å². The highest BCUT2D eigenvalue weighted by Gasteiger charge is 2.19. The smallest absolute Gasteiger partial charge is 0.337 e. The van der Waals surface area contributed by atoms with Crippen LogP contribution >= 0.6 is 0 Å². The Morgan fingerprint density at radius 2 is 1.84 bits per heavy atom. The summed E-state index contributed by atoms with van der Waals surface area (Å²) in [6, 6.07) is 13.2. The van der Waals surface area contributed by atoms with E-state index in [-0.39, 0.29) is 29.7 Å². The first kappa shape index (κ1) is 18.9. The van der Waals surface area contributed by atoms with Crippen LogP contribution in [-0.2, 0) is 10.0 Å². The highest BCUT2D eigenvalue weighted by molar-refractivity contribution is 7.89. The molecule has 0 saturated carbocycles. The van der Waals surface area contributed by atoms with Crippen molar-refractivity contribution < 1.29 is 23.4 Å². The van der Waals surface area contributed by atoms with Gasteiger partial charge in [-0.2, -0.15) is 0 Å². The number of aliphatic hydroxyl groups excluding tert-OH is 1. The number of nitrogens with one attached hydrogen (secondary N) is 2. The Morgan fingerprint density at radius 3 is 2.44 bits per heavy atom. The molecule has 0 aliphatic rings. The minimum Gasteiger partial charge on any atom is -0.478 e. The molecule has 2 rings (SSSR count). The first-order chi connectivity index (χ1) is 11.8. The minimum atomic E-state index is -3.88. The van der Waals surface area contributed by atoms with Gasteiger partial charge in [-0.05, 0) is 30.7 Å². The van der Waals surface area contributed by atoms with Crippen molar-refractivity contribution in [1.82, 2.24) is 4.72 Å². The highest BCUT2D eigenvalue weighted by atomic mass is 32.2. The van der Waals surface area contributed by atoms with E-state index in [2.05, 4.69) is 10.0 Å². The molecular formula is C17H20N2O5S. The molecule has 1 atom stereocenters. The molecule has 2 aromatic rings. The SMILES string of the molecule is C[C@H](Nc1ccc(S(=O)(=O)NCCO)cc1C(=O)O)c1ccccc1. The van der Waals surface area contributed by atoms with Gasteiger partial charge in [-0.25, -0.2) is 17.9 Å². The van der Waals surface area contributed by atoms with Crippen LogP contribution in [0.1, 0.15) is 28.9 Å². The molecule has 134 valence electrons. The second-order valence-corrected chi connectivity index (χ2v) is 7.18. The fourth-order valence-electron chi connectivity index (χ4n) is 2.31. The van der Waals surface area contributed by atoms with E-state index in [9.17, 15) is 18.3 Å². The van der Waals surface area contributed by atoms with Gasteiger partial charge in [0.05, 0.1) is 17.1 Å². The van der Waals surface area contributed by atoms with Crippen LogP contribution in [0.25, 0.3) is 0 Å². The van der Waals surface area contributed by atoms with E-state index in [1.54, 1.807) is 0 Å². The van der Waals surface area contributed by atoms with E-state index in [1.807, 2.05) is 37.3 Å². The Balaban J connectivity index is 2.32. The lowest BCUT2D eigenvalue weighted by Crippen LogP contribution is -2.27. The second kappa shape index (κ2) is 8.11. The van der Waals surface area contributed by atoms with Gasteiger partial charge in [-0.1, -0.05) is 30.3 Å². The number of anilines is 1. The molecule has 0 radical (unpaired) electrons. The normalized spacial score (nSPS) is 12.6. The van der Waals surface area contributed by atoms with Crippen LogP contribution in [0.5, 0.6) is 0 Å². The molecule has 0 fully saturated rings. The van der Waals surface area contributed by atoms with E-state index >= 15 is 0 Å². The summed E-state index contributed by atoms with van der Waals surface area (Å²) in [7, 11) is -3.88. The van der Waals surface area contributed by atoms with Gasteiger partial charge in [0.1, 0.15) is 0 Å². The summed E-state index contributed by atoms with van der Waals surface area (Å²) in [6.45, 7) is 1.39. The summed E-state index contributed by atoms with van der Waals surface area (Å²) in [5, 5.41) is 21.3. The van der Waals surface area contributed by atoms with Gasteiger partial charge in [-0.15, -0.1) is 0 Å². The molecule has 0 heterocycles. The summed E-state index contributed by atoms with van der Waals surface area (Å²) >= 11 is 0. The van der Waals surface area contributed by atoms with Gasteiger partial charge >= 0.3 is 5.97 Å². The third-order valence-corrected chi connectivity index (χ3v) is 5.07. The molecule has 0 unspecified atom stereocenters. The van der Waals surface area contributed by atoms with Gasteiger partial charge in [0, 0.05) is 18.3 Å². The van der Waals surface area contributed by atoms with E-state index in [0.29, 0.717) is 5.69 Å². The fraction of sp³-hybridized carbons (Fsp3) is 0.235. The lowest BCUT2D eigenvalue weighted by molar-refractivity contribution is 0.0697. The maximum absolute atomic E-state index is 12.1. The molecule has 0 bridgehead atoms. The number of carboxylic acid groups (broad SMARTS) is 1. The Hall–Kier alpha value is -2.42. The van der Waals surface area contributed by atoms with Crippen LogP contribution in [0.3, 0.4) is 0 Å². The van der Waals surface area contributed by atoms with E-state index in [0.717, 1.165) is 11.6 Å². The number of hydrogen-bond donors (Lipinski definition) is 4. The molecule has 0 aliphatic heterocycles. The van der Waals surface area contributed by atoms with Crippen LogP contribution in [0, 0.1) is 0 Å². The van der Waals surface area contributed by atoms with Crippen LogP contribution in [0.4, 0.5) is 5.69 Å². The van der Waals surface area contributed by atoms with Crippen LogP contribution < -0.4 is 10.0 Å². The number of aliphatic hydroxyl groups is 1. The lowest BCUT2D eigenvalue weighted by atomic mass is 10.1. The quantitative estimate of drug-likeness (QED) is 0.568. The van der Waals surface area contributed by atoms with Crippen LogP contribution in [0.15, 0.2) is 53.4 Å². The zero-order valence-corrected chi connectivity index (χ0v) is 14.5. The van der Waals surface area contributed by atoms with Crippen LogP contribution in [-0.4, -0.2) is 37.8 Å². The van der Waals surface area contributed by atoms with Crippen molar-refractivity contribution in [2.24, 2.45) is 0 Å². The van der Waals surface area contributed by atoms with Crippen molar-refractivity contribution in [2.75, 3.05) is 18.5 Å². The Bertz CT molecular complexity index is 837. The first-order valence-electron chi connectivity index (χ1n) is 7.64. The molecule has 7 nitrogen and oxygen atoms in total. The predicted octanol–water partition coefficient (Wildman–Crippen LogP) is 1.83. The maximum atomic E-state index is 12.1. The molecule has 0 aliphatic carbocycles. The van der Waals surface area contributed by atoms with E-state index in [1.165, 1.54) is 12.1 Å². The van der Waals surface area contributed by atoms with Gasteiger partial charge in [0.25, 0.3) is 0 Å². The Kier molecular flexibility index (Phi) is 6.13. The number of rotatable bonds is 8. The van der Waals surface area contributed by atoms with Crippen molar-refractivity contribution in [1.29, 1.82) is 0 Å². The standard InChI is InChI=1S/C17H20N2O5S/c1-12(13-5-3-2-4-6-13)19-16-8-7-14(11-15(16)17(21)22)25(23,24)18-9-10-20/h2-8,11-12,18-20H,9-10H2,1H3,(H,21,22)/t12-/m0/s1. The fourth-order valence-corrected chi connectivity index (χ4v) is 3.36. The predicted molar refractivity (Wildman–Crippen MR) is 94.2 cm³/mol. The topological polar surface area (TPSA) is 116 Å². The third-order valence-electron chi connectivity index (χ3n) is 3.61. The molecule has 4 N–H and O–H groups in total. The molecule has 0 spiro atoms. The average molecular weight is 364 g/mol. The molecule has 2 aromatic carbocycles. The molecule has 0 saturated heterocycles. The van der Waals surface area contributed by atoms with Crippen LogP contribution in [0.2, 0.25) is 0 Å². The zero-order valence-electron chi connectivity index (χ0n) is 13.6. The number of sulfonamides is 1. The van der Waals surface area contributed by atoms with E-state index in [4.69, 9.17) is 5.11 Å². The zero-order chi connectivity index (χ0) is 18.4. The number of carbonyl (C=O) groups is 1. The van der Waals surface area contributed by atoms with Crippen molar-refractivity contribution in [3.63, 3.8) is 0 Å². The highest BCUT2D eigenvalue weighted by Crippen LogP contribution is 2.25. The summed E-state index contributed by atoms with van der Waals surface area (Å²) in [5.74, 6) is -1.23. The van der Waals surface area contributed by atoms with Crippen molar-refractivity contribution in [2.45, 2.75) is 17.9 Å². The van der Waals surface area contributed by atoms with E-state index < -0.39 is 16.0 Å². The maximum Gasteiger partial charge on any atom is 0.337 e. The van der Waals surface area contributed by atoms with Gasteiger partial charge in [0.15, 0.2) is 0 Å². The van der Waals surface area contributed by atoms with Gasteiger partial charge in [0.2, 0.25) is 10.0 Å². The first-order valence-corrected chi connectivity index (χ1v) is 9.13. The molecule has 0 amide bonds. The average Bonchev–Trinajstić information content (AvgIpc) is 2.60. The van der Waals surface area contributed by atoms with Crippen molar-refractivity contribution in [3.05, 3.63) is 59.7 Å². The molecule has 25 heavy (non-hydrogen) atoms. The molecular weight excluding hydrogens is 344 g/mol. The number of aromatic carboxylic acids is 1. The lowest BCUT2D eigenvalue weighted by Gasteiger charge is -2.18. The number of hydrogen-bond acceptors (Lipinski definition) is 5. The van der Waals surface area contributed by atoms with Crippen molar-refractivity contribution in [3.8, 4) is 0 Å². The van der Waals surface area contributed by atoms with Gasteiger partial charge in [-0.3, -0.25) is 0 Å².